The van der Waals surface area contributed by atoms with Crippen molar-refractivity contribution >= 4 is 44.1 Å². The predicted octanol–water partition coefficient (Wildman–Crippen LogP) is 5.54. The van der Waals surface area contributed by atoms with Crippen molar-refractivity contribution < 1.29 is 14.3 Å². The number of ether oxygens (including phenoxy) is 2. The number of carbonyl (C=O) groups is 1. The van der Waals surface area contributed by atoms with Crippen LogP contribution in [0, 0.1) is 0 Å². The normalized spacial score (nSPS) is 11.1. The molecule has 4 aromatic rings. The summed E-state index contributed by atoms with van der Waals surface area (Å²) in [7, 11) is 0. The number of rotatable bonds is 9. The first-order valence-electron chi connectivity index (χ1n) is 10.8. The summed E-state index contributed by atoms with van der Waals surface area (Å²) in [6.45, 7) is 5.81. The lowest BCUT2D eigenvalue weighted by atomic mass is 10.1. The van der Waals surface area contributed by atoms with Crippen molar-refractivity contribution in [2.75, 3.05) is 18.9 Å². The number of anilines is 1. The average molecular weight is 450 g/mol. The van der Waals surface area contributed by atoms with Gasteiger partial charge in [-0.15, -0.1) is 11.3 Å². The summed E-state index contributed by atoms with van der Waals surface area (Å²) in [5.41, 5.74) is 8.63. The van der Waals surface area contributed by atoms with E-state index in [0.717, 1.165) is 51.0 Å². The number of unbranched alkanes of at least 4 members (excludes halogenated alkanes) is 1. The van der Waals surface area contributed by atoms with Crippen molar-refractivity contribution in [1.29, 1.82) is 0 Å². The number of amides is 1. The fraction of sp³-hybridized carbons (Fsp3) is 0.280. The molecule has 32 heavy (non-hydrogen) atoms. The van der Waals surface area contributed by atoms with Gasteiger partial charge in [-0.05, 0) is 55.3 Å². The molecule has 3 N–H and O–H groups in total. The molecule has 0 radical (unpaired) electrons. The molecule has 1 amide bonds. The Hall–Kier alpha value is -3.32. The van der Waals surface area contributed by atoms with Gasteiger partial charge in [-0.25, -0.2) is 4.98 Å². The van der Waals surface area contributed by atoms with Crippen LogP contribution >= 0.6 is 11.3 Å². The van der Waals surface area contributed by atoms with Crippen molar-refractivity contribution in [2.24, 2.45) is 0 Å². The van der Waals surface area contributed by atoms with Gasteiger partial charge in [0.1, 0.15) is 21.2 Å². The smallest absolute Gasteiger partial charge is 0.263 e. The third kappa shape index (κ3) is 4.78. The molecule has 0 fully saturated rings. The van der Waals surface area contributed by atoms with Gasteiger partial charge in [0.15, 0.2) is 0 Å². The van der Waals surface area contributed by atoms with E-state index < -0.39 is 0 Å². The molecule has 2 heterocycles. The van der Waals surface area contributed by atoms with Crippen LogP contribution in [-0.2, 0) is 6.54 Å². The van der Waals surface area contributed by atoms with Crippen LogP contribution in [0.15, 0.2) is 48.5 Å². The van der Waals surface area contributed by atoms with Crippen LogP contribution in [0.1, 0.15) is 41.9 Å². The highest BCUT2D eigenvalue weighted by Crippen LogP contribution is 2.35. The van der Waals surface area contributed by atoms with Crippen LogP contribution in [0.4, 0.5) is 5.69 Å². The standard InChI is InChI=1S/C25H27N3O3S/c1-3-5-12-31-18-8-6-16(7-9-18)15-27-24(29)23-22(26)20-14-17-13-19(30-4-2)10-11-21(17)28-25(20)32-23/h6-11,13-14H,3-5,12,15,26H2,1-2H3,(H,27,29). The highest BCUT2D eigenvalue weighted by molar-refractivity contribution is 7.21. The molecule has 0 aliphatic carbocycles. The molecule has 6 nitrogen and oxygen atoms in total. The van der Waals surface area contributed by atoms with E-state index in [1.54, 1.807) is 0 Å². The second-order valence-corrected chi connectivity index (χ2v) is 8.50. The van der Waals surface area contributed by atoms with Crippen molar-refractivity contribution in [3.05, 3.63) is 59.0 Å². The van der Waals surface area contributed by atoms with Crippen LogP contribution in [0.2, 0.25) is 0 Å². The third-order valence-corrected chi connectivity index (χ3v) is 6.26. The van der Waals surface area contributed by atoms with E-state index in [9.17, 15) is 4.79 Å². The van der Waals surface area contributed by atoms with E-state index in [2.05, 4.69) is 12.2 Å². The number of fused-ring (bicyclic) bond motifs is 2. The van der Waals surface area contributed by atoms with Crippen molar-refractivity contribution in [1.82, 2.24) is 10.3 Å². The molecule has 0 atom stereocenters. The highest BCUT2D eigenvalue weighted by Gasteiger charge is 2.18. The summed E-state index contributed by atoms with van der Waals surface area (Å²) in [5, 5.41) is 4.68. The summed E-state index contributed by atoms with van der Waals surface area (Å²) in [6.07, 6.45) is 2.14. The molecule has 0 spiro atoms. The summed E-state index contributed by atoms with van der Waals surface area (Å²) in [4.78, 5) is 18.7. The maximum Gasteiger partial charge on any atom is 0.263 e. The Morgan fingerprint density at radius 2 is 1.84 bits per heavy atom. The summed E-state index contributed by atoms with van der Waals surface area (Å²) < 4.78 is 11.3. The van der Waals surface area contributed by atoms with E-state index in [1.807, 2.05) is 55.5 Å². The minimum absolute atomic E-state index is 0.201. The van der Waals surface area contributed by atoms with Crippen LogP contribution in [-0.4, -0.2) is 24.1 Å². The fourth-order valence-corrected chi connectivity index (χ4v) is 4.41. The number of nitrogen functional groups attached to an aromatic ring is 1. The number of nitrogens with two attached hydrogens (primary N) is 1. The Morgan fingerprint density at radius 1 is 1.06 bits per heavy atom. The van der Waals surface area contributed by atoms with E-state index in [0.29, 0.717) is 30.3 Å². The van der Waals surface area contributed by atoms with Crippen LogP contribution < -0.4 is 20.5 Å². The van der Waals surface area contributed by atoms with Gasteiger partial charge in [0.2, 0.25) is 0 Å². The number of nitrogens with zero attached hydrogens (tertiary/aromatic N) is 1. The zero-order valence-corrected chi connectivity index (χ0v) is 19.1. The molecule has 0 bridgehead atoms. The first kappa shape index (κ1) is 21.9. The highest BCUT2D eigenvalue weighted by atomic mass is 32.1. The monoisotopic (exact) mass is 449 g/mol. The SMILES string of the molecule is CCCCOc1ccc(CNC(=O)c2sc3nc4ccc(OCC)cc4cc3c2N)cc1. The first-order chi connectivity index (χ1) is 15.6. The molecule has 0 aliphatic rings. The number of hydrogen-bond acceptors (Lipinski definition) is 6. The largest absolute Gasteiger partial charge is 0.494 e. The van der Waals surface area contributed by atoms with Gasteiger partial charge in [0.25, 0.3) is 5.91 Å². The van der Waals surface area contributed by atoms with E-state index in [-0.39, 0.29) is 5.91 Å². The van der Waals surface area contributed by atoms with Crippen LogP contribution in [0.3, 0.4) is 0 Å². The average Bonchev–Trinajstić information content (AvgIpc) is 3.13. The topological polar surface area (TPSA) is 86.5 Å². The molecule has 2 aromatic heterocycles. The van der Waals surface area contributed by atoms with E-state index in [4.69, 9.17) is 20.2 Å². The number of nitrogens with one attached hydrogen (secondary N) is 1. The molecular formula is C25H27N3O3S. The molecule has 0 saturated heterocycles. The molecule has 0 saturated carbocycles. The van der Waals surface area contributed by atoms with Gasteiger partial charge in [-0.1, -0.05) is 25.5 Å². The number of benzene rings is 2. The quantitative estimate of drug-likeness (QED) is 0.328. The lowest BCUT2D eigenvalue weighted by Gasteiger charge is -2.08. The maximum absolute atomic E-state index is 12.8. The summed E-state index contributed by atoms with van der Waals surface area (Å²) in [6, 6.07) is 15.5. The Balaban J connectivity index is 1.48. The fourth-order valence-electron chi connectivity index (χ4n) is 3.41. The molecule has 7 heteroatoms. The zero-order valence-electron chi connectivity index (χ0n) is 18.3. The molecule has 166 valence electrons. The van der Waals surface area contributed by atoms with Crippen LogP contribution in [0.25, 0.3) is 21.1 Å². The number of pyridine rings is 1. The molecule has 0 unspecified atom stereocenters. The Labute approximate surface area is 191 Å². The third-order valence-electron chi connectivity index (χ3n) is 5.15. The van der Waals surface area contributed by atoms with Gasteiger partial charge in [-0.2, -0.15) is 0 Å². The summed E-state index contributed by atoms with van der Waals surface area (Å²) in [5.74, 6) is 1.43. The van der Waals surface area contributed by atoms with E-state index in [1.165, 1.54) is 11.3 Å². The van der Waals surface area contributed by atoms with Gasteiger partial charge in [0.05, 0.1) is 24.4 Å². The van der Waals surface area contributed by atoms with Crippen molar-refractivity contribution in [2.45, 2.75) is 33.2 Å². The summed E-state index contributed by atoms with van der Waals surface area (Å²) >= 11 is 1.31. The maximum atomic E-state index is 12.8. The molecule has 4 rings (SSSR count). The van der Waals surface area contributed by atoms with Gasteiger partial charge in [-0.3, -0.25) is 4.79 Å². The number of aromatic nitrogens is 1. The predicted molar refractivity (Wildman–Crippen MR) is 131 cm³/mol. The molecule has 0 aliphatic heterocycles. The zero-order chi connectivity index (χ0) is 22.5. The Bertz CT molecular complexity index is 1230. The van der Waals surface area contributed by atoms with Gasteiger partial charge >= 0.3 is 0 Å². The minimum Gasteiger partial charge on any atom is -0.494 e. The van der Waals surface area contributed by atoms with Crippen LogP contribution in [0.5, 0.6) is 11.5 Å². The second kappa shape index (κ2) is 9.87. The lowest BCUT2D eigenvalue weighted by molar-refractivity contribution is 0.0956. The number of hydrogen-bond donors (Lipinski definition) is 2. The van der Waals surface area contributed by atoms with Gasteiger partial charge in [0, 0.05) is 17.3 Å². The number of carbonyl (C=O) groups excluding carboxylic acids is 1. The van der Waals surface area contributed by atoms with Crippen molar-refractivity contribution in [3.63, 3.8) is 0 Å². The molecule has 2 aromatic carbocycles. The lowest BCUT2D eigenvalue weighted by Crippen LogP contribution is -2.22. The molecular weight excluding hydrogens is 422 g/mol. The van der Waals surface area contributed by atoms with E-state index >= 15 is 0 Å². The Morgan fingerprint density at radius 3 is 2.59 bits per heavy atom. The number of thiophene rings is 1. The minimum atomic E-state index is -0.201. The van der Waals surface area contributed by atoms with Crippen molar-refractivity contribution in [3.8, 4) is 11.5 Å². The van der Waals surface area contributed by atoms with Gasteiger partial charge < -0.3 is 20.5 Å². The Kier molecular flexibility index (Phi) is 6.75. The first-order valence-corrected chi connectivity index (χ1v) is 11.7. The second-order valence-electron chi connectivity index (χ2n) is 7.50.